The normalized spacial score (nSPS) is 21.4. The fourth-order valence-electron chi connectivity index (χ4n) is 4.21. The number of nitrogens with zero attached hydrogens (tertiary/aromatic N) is 3. The van der Waals surface area contributed by atoms with Crippen LogP contribution in [-0.4, -0.2) is 50.8 Å². The maximum Gasteiger partial charge on any atom is 0.434 e. The smallest absolute Gasteiger partial charge is 0.393 e. The molecule has 0 saturated carbocycles. The lowest BCUT2D eigenvalue weighted by atomic mass is 9.79. The number of aliphatic hydroxyl groups is 2. The largest absolute Gasteiger partial charge is 0.434 e. The number of aliphatic hydroxyl groups excluding tert-OH is 1. The van der Waals surface area contributed by atoms with Gasteiger partial charge in [-0.15, -0.1) is 0 Å². The first kappa shape index (κ1) is 27.4. The Morgan fingerprint density at radius 3 is 2.55 bits per heavy atom. The summed E-state index contributed by atoms with van der Waals surface area (Å²) >= 11 is 6.06. The number of alkyl halides is 4. The van der Waals surface area contributed by atoms with Gasteiger partial charge in [0.2, 0.25) is 0 Å². The zero-order valence-electron chi connectivity index (χ0n) is 19.8. The van der Waals surface area contributed by atoms with Crippen LogP contribution in [0.3, 0.4) is 0 Å². The second kappa shape index (κ2) is 9.93. The van der Waals surface area contributed by atoms with E-state index in [0.717, 1.165) is 25.4 Å². The molecule has 0 fully saturated rings. The number of benzene rings is 1. The number of carbonyl (C=O) groups excluding carboxylic acids is 2. The van der Waals surface area contributed by atoms with Gasteiger partial charge >= 0.3 is 6.18 Å². The summed E-state index contributed by atoms with van der Waals surface area (Å²) in [7, 11) is 0. The number of hydrogen-bond acceptors (Lipinski definition) is 6. The topological polar surface area (TPSA) is 116 Å². The summed E-state index contributed by atoms with van der Waals surface area (Å²) in [6.45, 7) is -0.00579. The molecule has 1 aromatic carbocycles. The quantitative estimate of drug-likeness (QED) is 0.414. The average Bonchev–Trinajstić information content (AvgIpc) is 2.96. The van der Waals surface area contributed by atoms with Crippen LogP contribution in [0.2, 0.25) is 5.02 Å². The van der Waals surface area contributed by atoms with Gasteiger partial charge in [-0.2, -0.15) is 13.2 Å². The maximum atomic E-state index is 15.5. The van der Waals surface area contributed by atoms with Crippen molar-refractivity contribution in [3.05, 3.63) is 82.3 Å². The Morgan fingerprint density at radius 1 is 1.18 bits per heavy atom. The van der Waals surface area contributed by atoms with Crippen molar-refractivity contribution < 1.29 is 37.4 Å². The van der Waals surface area contributed by atoms with Gasteiger partial charge in [0.25, 0.3) is 11.8 Å². The van der Waals surface area contributed by atoms with Crippen molar-refractivity contribution in [1.82, 2.24) is 9.97 Å². The molecule has 2 aromatic heterocycles. The van der Waals surface area contributed by atoms with Gasteiger partial charge in [0.1, 0.15) is 17.1 Å². The van der Waals surface area contributed by atoms with E-state index in [0.29, 0.717) is 0 Å². The molecule has 3 heterocycles. The molecule has 3 aromatic rings. The van der Waals surface area contributed by atoms with E-state index in [1.165, 1.54) is 41.3 Å². The molecule has 13 heteroatoms. The lowest BCUT2D eigenvalue weighted by molar-refractivity contribution is -0.141. The lowest BCUT2D eigenvalue weighted by Gasteiger charge is -2.37. The summed E-state index contributed by atoms with van der Waals surface area (Å²) in [6, 6.07) is 8.81. The molecule has 1 unspecified atom stereocenters. The average molecular weight is 553 g/mol. The highest BCUT2D eigenvalue weighted by atomic mass is 35.5. The van der Waals surface area contributed by atoms with Crippen LogP contribution in [0.15, 0.2) is 54.9 Å². The van der Waals surface area contributed by atoms with E-state index >= 15 is 4.39 Å². The van der Waals surface area contributed by atoms with Gasteiger partial charge in [-0.1, -0.05) is 11.6 Å². The molecule has 0 bridgehead atoms. The fourth-order valence-corrected chi connectivity index (χ4v) is 4.39. The highest BCUT2D eigenvalue weighted by Gasteiger charge is 2.52. The van der Waals surface area contributed by atoms with Gasteiger partial charge in [-0.3, -0.25) is 14.6 Å². The first-order chi connectivity index (χ1) is 17.8. The predicted octanol–water partition coefficient (Wildman–Crippen LogP) is 4.36. The minimum Gasteiger partial charge on any atom is -0.393 e. The Balaban J connectivity index is 1.61. The van der Waals surface area contributed by atoms with Gasteiger partial charge in [-0.05, 0) is 49.4 Å². The fraction of sp³-hybridized carbons (Fsp3) is 0.280. The molecule has 1 aliphatic rings. The van der Waals surface area contributed by atoms with Crippen LogP contribution >= 0.6 is 11.6 Å². The second-order valence-corrected chi connectivity index (χ2v) is 9.30. The van der Waals surface area contributed by atoms with Crippen molar-refractivity contribution in [1.29, 1.82) is 0 Å². The SMILES string of the molecule is CC1(F)CCN(C(=O)c2ccc(NC(=O)c3cccnc3C(F)(F)F)nc2)c2ccc(Cl)cc2[C@@]1(O)CO. The van der Waals surface area contributed by atoms with Crippen molar-refractivity contribution in [2.75, 3.05) is 23.4 Å². The molecule has 3 N–H and O–H groups in total. The van der Waals surface area contributed by atoms with Crippen LogP contribution in [0.4, 0.5) is 29.1 Å². The molecule has 1 aliphatic heterocycles. The number of amides is 2. The Morgan fingerprint density at radius 2 is 1.92 bits per heavy atom. The van der Waals surface area contributed by atoms with Gasteiger partial charge < -0.3 is 20.4 Å². The van der Waals surface area contributed by atoms with Crippen molar-refractivity contribution in [2.24, 2.45) is 0 Å². The summed E-state index contributed by atoms with van der Waals surface area (Å²) in [5, 5.41) is 23.4. The van der Waals surface area contributed by atoms with E-state index in [2.05, 4.69) is 15.3 Å². The molecule has 4 rings (SSSR count). The van der Waals surface area contributed by atoms with E-state index in [-0.39, 0.29) is 40.6 Å². The van der Waals surface area contributed by atoms with Crippen LogP contribution in [0, 0.1) is 0 Å². The highest BCUT2D eigenvalue weighted by Crippen LogP contribution is 2.46. The number of halogens is 5. The van der Waals surface area contributed by atoms with Gasteiger partial charge in [0.05, 0.1) is 23.4 Å². The molecule has 200 valence electrons. The zero-order valence-corrected chi connectivity index (χ0v) is 20.5. The number of pyridine rings is 2. The number of aromatic nitrogens is 2. The van der Waals surface area contributed by atoms with Gasteiger partial charge in [0, 0.05) is 35.9 Å². The van der Waals surface area contributed by atoms with Crippen molar-refractivity contribution in [3.63, 3.8) is 0 Å². The monoisotopic (exact) mass is 552 g/mol. The van der Waals surface area contributed by atoms with Crippen LogP contribution in [-0.2, 0) is 11.8 Å². The molecule has 2 atom stereocenters. The van der Waals surface area contributed by atoms with E-state index in [1.807, 2.05) is 0 Å². The Kier molecular flexibility index (Phi) is 7.17. The highest BCUT2D eigenvalue weighted by molar-refractivity contribution is 6.30. The molecule has 0 saturated heterocycles. The minimum atomic E-state index is -4.84. The first-order valence-electron chi connectivity index (χ1n) is 11.2. The van der Waals surface area contributed by atoms with E-state index in [4.69, 9.17) is 11.6 Å². The third-order valence-corrected chi connectivity index (χ3v) is 6.64. The third-order valence-electron chi connectivity index (χ3n) is 6.41. The zero-order chi connectivity index (χ0) is 27.9. The van der Waals surface area contributed by atoms with E-state index in [1.54, 1.807) is 0 Å². The van der Waals surface area contributed by atoms with Crippen molar-refractivity contribution >= 4 is 34.9 Å². The van der Waals surface area contributed by atoms with Crippen LogP contribution in [0.1, 0.15) is 45.3 Å². The summed E-state index contributed by atoms with van der Waals surface area (Å²) in [5.74, 6) is -1.86. The number of carbonyl (C=O) groups is 2. The lowest BCUT2D eigenvalue weighted by Crippen LogP contribution is -2.49. The molecule has 0 aliphatic carbocycles. The standard InChI is InChI=1S/C25H21ClF4N4O4/c1-23(27)8-10-34(18-6-5-15(26)11-17(18)24(23,38)13-35)22(37)14-4-7-19(32-12-14)33-21(36)16-3-2-9-31-20(16)25(28,29)30/h2-7,9,11-12,35,38H,8,10,13H2,1H3,(H,32,33,36)/t23?,24-/m0/s1. The van der Waals surface area contributed by atoms with E-state index < -0.39 is 47.1 Å². The Hall–Kier alpha value is -3.61. The number of rotatable bonds is 4. The maximum absolute atomic E-state index is 15.5. The molecular formula is C25H21ClF4N4O4. The summed E-state index contributed by atoms with van der Waals surface area (Å²) in [6.07, 6.45) is -3.15. The number of hydrogen-bond donors (Lipinski definition) is 3. The molecule has 2 amide bonds. The van der Waals surface area contributed by atoms with E-state index in [9.17, 15) is 33.0 Å². The molecule has 38 heavy (non-hydrogen) atoms. The van der Waals surface area contributed by atoms with Crippen LogP contribution in [0.5, 0.6) is 0 Å². The van der Waals surface area contributed by atoms with Crippen LogP contribution in [0.25, 0.3) is 0 Å². The van der Waals surface area contributed by atoms with Gasteiger partial charge in [-0.25, -0.2) is 9.37 Å². The number of anilines is 2. The molecule has 0 radical (unpaired) electrons. The van der Waals surface area contributed by atoms with Crippen molar-refractivity contribution in [2.45, 2.75) is 30.8 Å². The minimum absolute atomic E-state index is 0.0104. The summed E-state index contributed by atoms with van der Waals surface area (Å²) in [4.78, 5) is 34.2. The molecule has 0 spiro atoms. The molecular weight excluding hydrogens is 532 g/mol. The number of fused-ring (bicyclic) bond motifs is 1. The third kappa shape index (κ3) is 4.94. The Bertz CT molecular complexity index is 1380. The second-order valence-electron chi connectivity index (χ2n) is 8.87. The Labute approximate surface area is 218 Å². The first-order valence-corrected chi connectivity index (χ1v) is 11.6. The molecule has 8 nitrogen and oxygen atoms in total. The summed E-state index contributed by atoms with van der Waals surface area (Å²) in [5.41, 5.74) is -6.64. The summed E-state index contributed by atoms with van der Waals surface area (Å²) < 4.78 is 55.1. The van der Waals surface area contributed by atoms with Crippen LogP contribution < -0.4 is 10.2 Å². The van der Waals surface area contributed by atoms with Gasteiger partial charge in [0.15, 0.2) is 5.69 Å². The predicted molar refractivity (Wildman–Crippen MR) is 130 cm³/mol. The number of nitrogens with one attached hydrogen (secondary N) is 1. The van der Waals surface area contributed by atoms with Crippen molar-refractivity contribution in [3.8, 4) is 0 Å².